The number of aliphatic hydroxyl groups excluding tert-OH is 1. The minimum Gasteiger partial charge on any atom is -0.460 e. The summed E-state index contributed by atoms with van der Waals surface area (Å²) in [6, 6.07) is 0. The average Bonchev–Trinajstić information content (AvgIpc) is 2.30. The molecule has 0 aromatic carbocycles. The van der Waals surface area contributed by atoms with E-state index in [2.05, 4.69) is 11.3 Å². The molecule has 0 aromatic rings. The minimum absolute atomic E-state index is 0.0307. The van der Waals surface area contributed by atoms with Crippen molar-refractivity contribution in [2.45, 2.75) is 32.3 Å². The Morgan fingerprint density at radius 1 is 1.38 bits per heavy atom. The Balaban J connectivity index is 3.56. The molecule has 16 heavy (non-hydrogen) atoms. The van der Waals surface area contributed by atoms with E-state index >= 15 is 0 Å². The van der Waals surface area contributed by atoms with Crippen LogP contribution in [0.2, 0.25) is 0 Å². The van der Waals surface area contributed by atoms with Crippen molar-refractivity contribution in [1.82, 2.24) is 0 Å². The van der Waals surface area contributed by atoms with E-state index in [0.717, 1.165) is 18.9 Å². The van der Waals surface area contributed by atoms with E-state index in [1.54, 1.807) is 0 Å². The lowest BCUT2D eigenvalue weighted by atomic mass is 10.2. The summed E-state index contributed by atoms with van der Waals surface area (Å²) in [5.74, 6) is -1.24. The van der Waals surface area contributed by atoms with Crippen molar-refractivity contribution >= 4 is 11.9 Å². The van der Waals surface area contributed by atoms with Crippen LogP contribution in [-0.4, -0.2) is 36.4 Å². The predicted molar refractivity (Wildman–Crippen MR) is 57.6 cm³/mol. The average molecular weight is 230 g/mol. The lowest BCUT2D eigenvalue weighted by Crippen LogP contribution is -2.24. The molecule has 0 aliphatic carbocycles. The van der Waals surface area contributed by atoms with Crippen LogP contribution in [0.4, 0.5) is 0 Å². The minimum atomic E-state index is -1.09. The number of hydrogen-bond donors (Lipinski definition) is 1. The van der Waals surface area contributed by atoms with E-state index in [-0.39, 0.29) is 13.2 Å². The Kier molecular flexibility index (Phi) is 8.15. The van der Waals surface area contributed by atoms with E-state index in [9.17, 15) is 14.7 Å². The monoisotopic (exact) mass is 230 g/mol. The normalized spacial score (nSPS) is 11.6. The van der Waals surface area contributed by atoms with Crippen LogP contribution >= 0.6 is 0 Å². The number of rotatable bonds is 8. The maximum Gasteiger partial charge on any atom is 0.335 e. The zero-order valence-corrected chi connectivity index (χ0v) is 9.48. The third kappa shape index (κ3) is 7.00. The zero-order valence-electron chi connectivity index (χ0n) is 9.48. The summed E-state index contributed by atoms with van der Waals surface area (Å²) in [7, 11) is 0. The fourth-order valence-corrected chi connectivity index (χ4v) is 0.955. The van der Waals surface area contributed by atoms with E-state index in [4.69, 9.17) is 4.74 Å². The van der Waals surface area contributed by atoms with Crippen LogP contribution in [0.25, 0.3) is 0 Å². The van der Waals surface area contributed by atoms with Gasteiger partial charge in [0, 0.05) is 6.08 Å². The van der Waals surface area contributed by atoms with Crippen molar-refractivity contribution < 1.29 is 24.2 Å². The summed E-state index contributed by atoms with van der Waals surface area (Å²) < 4.78 is 9.28. The van der Waals surface area contributed by atoms with Gasteiger partial charge in [0.1, 0.15) is 13.2 Å². The summed E-state index contributed by atoms with van der Waals surface area (Å²) >= 11 is 0. The van der Waals surface area contributed by atoms with Gasteiger partial charge in [-0.15, -0.1) is 0 Å². The Labute approximate surface area is 95.0 Å². The summed E-state index contributed by atoms with van der Waals surface area (Å²) in [6.45, 7) is 5.09. The van der Waals surface area contributed by atoms with Gasteiger partial charge in [0.15, 0.2) is 6.10 Å². The number of esters is 2. The maximum atomic E-state index is 11.1. The van der Waals surface area contributed by atoms with Crippen molar-refractivity contribution in [1.29, 1.82) is 0 Å². The first-order valence-electron chi connectivity index (χ1n) is 5.25. The molecule has 5 nitrogen and oxygen atoms in total. The van der Waals surface area contributed by atoms with E-state index < -0.39 is 18.0 Å². The van der Waals surface area contributed by atoms with Gasteiger partial charge in [-0.25, -0.2) is 9.59 Å². The highest BCUT2D eigenvalue weighted by molar-refractivity contribution is 5.81. The van der Waals surface area contributed by atoms with Crippen LogP contribution in [-0.2, 0) is 19.1 Å². The lowest BCUT2D eigenvalue weighted by molar-refractivity contribution is -0.157. The molecular formula is C11H18O5. The smallest absolute Gasteiger partial charge is 0.335 e. The number of hydrogen-bond acceptors (Lipinski definition) is 5. The molecule has 0 radical (unpaired) electrons. The van der Waals surface area contributed by atoms with E-state index in [1.807, 2.05) is 6.92 Å². The van der Waals surface area contributed by atoms with Crippen LogP contribution in [0, 0.1) is 0 Å². The van der Waals surface area contributed by atoms with Crippen molar-refractivity contribution in [3.05, 3.63) is 12.7 Å². The van der Waals surface area contributed by atoms with Crippen molar-refractivity contribution in [2.24, 2.45) is 0 Å². The van der Waals surface area contributed by atoms with Crippen molar-refractivity contribution in [3.63, 3.8) is 0 Å². The summed E-state index contributed by atoms with van der Waals surface area (Å²) in [4.78, 5) is 21.7. The highest BCUT2D eigenvalue weighted by atomic mass is 16.6. The first kappa shape index (κ1) is 14.6. The number of unbranched alkanes of at least 4 members (excludes halogenated alkanes) is 1. The molecule has 92 valence electrons. The van der Waals surface area contributed by atoms with Gasteiger partial charge in [-0.2, -0.15) is 0 Å². The standard InChI is InChI=1S/C11H18O5/c1-3-5-6-9(12)11(14)16-8-7-15-10(13)4-2/h4,9,12H,2-3,5-8H2,1H3. The topological polar surface area (TPSA) is 72.8 Å². The number of carbonyl (C=O) groups excluding carboxylic acids is 2. The van der Waals surface area contributed by atoms with Gasteiger partial charge in [0.2, 0.25) is 0 Å². The van der Waals surface area contributed by atoms with Crippen LogP contribution in [0.5, 0.6) is 0 Å². The predicted octanol–water partition coefficient (Wildman–Crippen LogP) is 0.810. The highest BCUT2D eigenvalue weighted by Crippen LogP contribution is 2.01. The molecule has 0 aromatic heterocycles. The second-order valence-corrected chi connectivity index (χ2v) is 3.20. The zero-order chi connectivity index (χ0) is 12.4. The van der Waals surface area contributed by atoms with Crippen LogP contribution in [0.1, 0.15) is 26.2 Å². The number of ether oxygens (including phenoxy) is 2. The first-order valence-corrected chi connectivity index (χ1v) is 5.25. The fraction of sp³-hybridized carbons (Fsp3) is 0.636. The van der Waals surface area contributed by atoms with Crippen LogP contribution in [0.3, 0.4) is 0 Å². The molecular weight excluding hydrogens is 212 g/mol. The van der Waals surface area contributed by atoms with Gasteiger partial charge in [0.05, 0.1) is 0 Å². The van der Waals surface area contributed by atoms with Gasteiger partial charge in [-0.05, 0) is 6.42 Å². The van der Waals surface area contributed by atoms with E-state index in [0.29, 0.717) is 6.42 Å². The summed E-state index contributed by atoms with van der Waals surface area (Å²) in [5, 5.41) is 9.31. The largest absolute Gasteiger partial charge is 0.460 e. The molecule has 5 heteroatoms. The fourth-order valence-electron chi connectivity index (χ4n) is 0.955. The van der Waals surface area contributed by atoms with Gasteiger partial charge in [-0.3, -0.25) is 0 Å². The number of carbonyl (C=O) groups is 2. The molecule has 0 fully saturated rings. The summed E-state index contributed by atoms with van der Waals surface area (Å²) in [5.41, 5.74) is 0. The third-order valence-corrected chi connectivity index (χ3v) is 1.84. The van der Waals surface area contributed by atoms with Gasteiger partial charge in [0.25, 0.3) is 0 Å². The third-order valence-electron chi connectivity index (χ3n) is 1.84. The quantitative estimate of drug-likeness (QED) is 0.379. The van der Waals surface area contributed by atoms with Gasteiger partial charge >= 0.3 is 11.9 Å². The molecule has 0 bridgehead atoms. The molecule has 0 saturated carbocycles. The Morgan fingerprint density at radius 2 is 2.00 bits per heavy atom. The maximum absolute atomic E-state index is 11.1. The molecule has 1 atom stereocenters. The Bertz CT molecular complexity index is 237. The molecule has 0 aliphatic rings. The highest BCUT2D eigenvalue weighted by Gasteiger charge is 2.15. The molecule has 0 aliphatic heterocycles. The Hall–Kier alpha value is -1.36. The number of aliphatic hydroxyl groups is 1. The molecule has 0 rings (SSSR count). The van der Waals surface area contributed by atoms with Crippen molar-refractivity contribution in [3.8, 4) is 0 Å². The van der Waals surface area contributed by atoms with Crippen LogP contribution in [0.15, 0.2) is 12.7 Å². The van der Waals surface area contributed by atoms with Crippen molar-refractivity contribution in [2.75, 3.05) is 13.2 Å². The molecule has 0 saturated heterocycles. The SMILES string of the molecule is C=CC(=O)OCCOC(=O)C(O)CCCC. The Morgan fingerprint density at radius 3 is 2.56 bits per heavy atom. The lowest BCUT2D eigenvalue weighted by Gasteiger charge is -2.09. The second kappa shape index (κ2) is 8.91. The molecule has 0 spiro atoms. The summed E-state index contributed by atoms with van der Waals surface area (Å²) in [6.07, 6.45) is 2.00. The van der Waals surface area contributed by atoms with E-state index in [1.165, 1.54) is 0 Å². The second-order valence-electron chi connectivity index (χ2n) is 3.20. The first-order chi connectivity index (χ1) is 7.61. The molecule has 0 amide bonds. The van der Waals surface area contributed by atoms with Gasteiger partial charge < -0.3 is 14.6 Å². The molecule has 1 unspecified atom stereocenters. The van der Waals surface area contributed by atoms with Gasteiger partial charge in [-0.1, -0.05) is 26.3 Å². The molecule has 1 N–H and O–H groups in total. The van der Waals surface area contributed by atoms with Crippen LogP contribution < -0.4 is 0 Å². The molecule has 0 heterocycles.